The van der Waals surface area contributed by atoms with Gasteiger partial charge in [-0.25, -0.2) is 4.79 Å². The first kappa shape index (κ1) is 19.7. The van der Waals surface area contributed by atoms with Gasteiger partial charge in [0.2, 0.25) is 0 Å². The Kier molecular flexibility index (Phi) is 5.56. The summed E-state index contributed by atoms with van der Waals surface area (Å²) in [4.78, 5) is 26.2. The van der Waals surface area contributed by atoms with Gasteiger partial charge in [0.15, 0.2) is 0 Å². The van der Waals surface area contributed by atoms with Crippen LogP contribution in [0.25, 0.3) is 0 Å². The van der Waals surface area contributed by atoms with E-state index in [0.29, 0.717) is 42.2 Å². The molecular formula is C19H21ClN6O2. The second-order valence-electron chi connectivity index (χ2n) is 6.93. The number of urea groups is 1. The third-order valence-electron chi connectivity index (χ3n) is 5.04. The normalized spacial score (nSPS) is 19.5. The molecule has 3 amide bonds. The molecule has 0 atom stereocenters. The predicted octanol–water partition coefficient (Wildman–Crippen LogP) is 1.51. The lowest BCUT2D eigenvalue weighted by Crippen LogP contribution is -2.58. The van der Waals surface area contributed by atoms with Crippen LogP contribution in [0.1, 0.15) is 24.8 Å². The number of hydrogen-bond donors (Lipinski definition) is 4. The average Bonchev–Trinajstić information content (AvgIpc) is 2.64. The van der Waals surface area contributed by atoms with Gasteiger partial charge in [-0.05, 0) is 31.4 Å². The van der Waals surface area contributed by atoms with E-state index >= 15 is 0 Å². The van der Waals surface area contributed by atoms with E-state index in [0.717, 1.165) is 6.42 Å². The number of carbonyl (C=O) groups excluding carboxylic acids is 2. The molecule has 3 rings (SSSR count). The third kappa shape index (κ3) is 3.94. The fourth-order valence-corrected chi connectivity index (χ4v) is 3.49. The Morgan fingerprint density at radius 2 is 2.14 bits per heavy atom. The van der Waals surface area contributed by atoms with Crippen LogP contribution >= 0.6 is 11.6 Å². The Bertz CT molecular complexity index is 900. The molecule has 1 aliphatic carbocycles. The molecular weight excluding hydrogens is 380 g/mol. The van der Waals surface area contributed by atoms with Gasteiger partial charge in [0.1, 0.15) is 5.54 Å². The minimum absolute atomic E-state index is 0.0124. The van der Waals surface area contributed by atoms with Crippen molar-refractivity contribution in [1.82, 2.24) is 15.5 Å². The van der Waals surface area contributed by atoms with Gasteiger partial charge in [0, 0.05) is 29.4 Å². The third-order valence-corrected chi connectivity index (χ3v) is 5.27. The van der Waals surface area contributed by atoms with Gasteiger partial charge in [-0.1, -0.05) is 23.7 Å². The van der Waals surface area contributed by atoms with E-state index in [2.05, 4.69) is 16.7 Å². The SMILES string of the molecule is N#CC1(NC(=O)N2CCN/C(=C(\C(=N)c3cccc(Cl)c3)C(N)=O)C2)CCC1. The van der Waals surface area contributed by atoms with Crippen molar-refractivity contribution in [1.29, 1.82) is 10.7 Å². The number of amides is 3. The zero-order valence-electron chi connectivity index (χ0n) is 15.2. The molecule has 0 bridgehead atoms. The molecule has 0 spiro atoms. The molecule has 5 N–H and O–H groups in total. The van der Waals surface area contributed by atoms with Crippen LogP contribution in [-0.4, -0.2) is 47.7 Å². The fourth-order valence-electron chi connectivity index (χ4n) is 3.30. The molecule has 1 saturated carbocycles. The molecule has 146 valence electrons. The highest BCUT2D eigenvalue weighted by atomic mass is 35.5. The quantitative estimate of drug-likeness (QED) is 0.450. The molecule has 1 aromatic carbocycles. The van der Waals surface area contributed by atoms with Gasteiger partial charge in [-0.15, -0.1) is 0 Å². The first-order chi connectivity index (χ1) is 13.3. The van der Waals surface area contributed by atoms with E-state index in [1.807, 2.05) is 0 Å². The van der Waals surface area contributed by atoms with Crippen molar-refractivity contribution in [2.24, 2.45) is 5.73 Å². The predicted molar refractivity (Wildman–Crippen MR) is 105 cm³/mol. The summed E-state index contributed by atoms with van der Waals surface area (Å²) in [5, 5.41) is 24.0. The number of nitriles is 1. The smallest absolute Gasteiger partial charge is 0.319 e. The summed E-state index contributed by atoms with van der Waals surface area (Å²) in [6, 6.07) is 8.41. The van der Waals surface area contributed by atoms with Crippen LogP contribution in [0.15, 0.2) is 35.5 Å². The van der Waals surface area contributed by atoms with Crippen LogP contribution in [0.5, 0.6) is 0 Å². The summed E-state index contributed by atoms with van der Waals surface area (Å²) >= 11 is 5.99. The zero-order chi connectivity index (χ0) is 20.3. The molecule has 1 saturated heterocycles. The molecule has 1 aliphatic heterocycles. The van der Waals surface area contributed by atoms with E-state index in [4.69, 9.17) is 22.7 Å². The fraction of sp³-hybridized carbons (Fsp3) is 0.368. The number of benzene rings is 1. The molecule has 1 heterocycles. The molecule has 0 aromatic heterocycles. The van der Waals surface area contributed by atoms with Crippen molar-refractivity contribution < 1.29 is 9.59 Å². The molecule has 28 heavy (non-hydrogen) atoms. The largest absolute Gasteiger partial charge is 0.384 e. The molecule has 2 fully saturated rings. The molecule has 9 heteroatoms. The second kappa shape index (κ2) is 7.90. The summed E-state index contributed by atoms with van der Waals surface area (Å²) in [5.41, 5.74) is 5.55. The molecule has 0 radical (unpaired) electrons. The van der Waals surface area contributed by atoms with Crippen LogP contribution in [0.2, 0.25) is 5.02 Å². The Morgan fingerprint density at radius 1 is 1.39 bits per heavy atom. The maximum Gasteiger partial charge on any atom is 0.319 e. The van der Waals surface area contributed by atoms with Gasteiger partial charge < -0.3 is 21.3 Å². The van der Waals surface area contributed by atoms with E-state index in [9.17, 15) is 14.9 Å². The summed E-state index contributed by atoms with van der Waals surface area (Å²) in [6.07, 6.45) is 2.18. The summed E-state index contributed by atoms with van der Waals surface area (Å²) in [7, 11) is 0. The highest BCUT2D eigenvalue weighted by molar-refractivity contribution is 6.32. The van der Waals surface area contributed by atoms with E-state index in [-0.39, 0.29) is 23.9 Å². The maximum atomic E-state index is 12.6. The van der Waals surface area contributed by atoms with Crippen LogP contribution in [0, 0.1) is 16.7 Å². The summed E-state index contributed by atoms with van der Waals surface area (Å²) in [5.74, 6) is -0.762. The van der Waals surface area contributed by atoms with Crippen LogP contribution in [-0.2, 0) is 4.79 Å². The Morgan fingerprint density at radius 3 is 2.71 bits per heavy atom. The van der Waals surface area contributed by atoms with Crippen molar-refractivity contribution in [3.8, 4) is 6.07 Å². The van der Waals surface area contributed by atoms with E-state index in [1.165, 1.54) is 4.90 Å². The van der Waals surface area contributed by atoms with Crippen molar-refractivity contribution in [3.63, 3.8) is 0 Å². The lowest BCUT2D eigenvalue weighted by atomic mass is 9.78. The number of nitrogens with two attached hydrogens (primary N) is 1. The van der Waals surface area contributed by atoms with Gasteiger partial charge >= 0.3 is 6.03 Å². The summed E-state index contributed by atoms with van der Waals surface area (Å²) in [6.45, 7) is 0.907. The monoisotopic (exact) mass is 400 g/mol. The van der Waals surface area contributed by atoms with Crippen LogP contribution < -0.4 is 16.4 Å². The summed E-state index contributed by atoms with van der Waals surface area (Å²) < 4.78 is 0. The van der Waals surface area contributed by atoms with Gasteiger partial charge in [0.25, 0.3) is 5.91 Å². The Labute approximate surface area is 167 Å². The lowest BCUT2D eigenvalue weighted by molar-refractivity contribution is -0.114. The molecule has 1 aromatic rings. The van der Waals surface area contributed by atoms with Crippen molar-refractivity contribution in [2.45, 2.75) is 24.8 Å². The van der Waals surface area contributed by atoms with Crippen LogP contribution in [0.4, 0.5) is 4.79 Å². The van der Waals surface area contributed by atoms with Crippen LogP contribution in [0.3, 0.4) is 0 Å². The highest BCUT2D eigenvalue weighted by Crippen LogP contribution is 2.31. The highest BCUT2D eigenvalue weighted by Gasteiger charge is 2.40. The van der Waals surface area contributed by atoms with Crippen molar-refractivity contribution >= 4 is 29.3 Å². The lowest BCUT2D eigenvalue weighted by Gasteiger charge is -2.39. The number of hydrogen-bond acceptors (Lipinski definition) is 5. The van der Waals surface area contributed by atoms with E-state index in [1.54, 1.807) is 24.3 Å². The van der Waals surface area contributed by atoms with Gasteiger partial charge in [-0.2, -0.15) is 5.26 Å². The Hall–Kier alpha value is -3.05. The van der Waals surface area contributed by atoms with E-state index < -0.39 is 11.4 Å². The minimum Gasteiger partial charge on any atom is -0.384 e. The van der Waals surface area contributed by atoms with Gasteiger partial charge in [0.05, 0.1) is 23.9 Å². The zero-order valence-corrected chi connectivity index (χ0v) is 16.0. The molecule has 8 nitrogen and oxygen atoms in total. The van der Waals surface area contributed by atoms with Crippen molar-refractivity contribution in [2.75, 3.05) is 19.6 Å². The van der Waals surface area contributed by atoms with Crippen molar-refractivity contribution in [3.05, 3.63) is 46.1 Å². The number of carbonyl (C=O) groups is 2. The molecule has 2 aliphatic rings. The first-order valence-electron chi connectivity index (χ1n) is 8.95. The number of primary amides is 1. The number of nitrogens with zero attached hydrogens (tertiary/aromatic N) is 2. The number of rotatable bonds is 4. The topological polar surface area (TPSA) is 135 Å². The average molecular weight is 401 g/mol. The number of piperazine rings is 1. The second-order valence-corrected chi connectivity index (χ2v) is 7.37. The maximum absolute atomic E-state index is 12.6. The Balaban J connectivity index is 1.83. The number of nitrogens with one attached hydrogen (secondary N) is 3. The molecule has 0 unspecified atom stereocenters. The first-order valence-corrected chi connectivity index (χ1v) is 9.33. The minimum atomic E-state index is -0.800. The number of halogens is 1. The van der Waals surface area contributed by atoms with Gasteiger partial charge in [-0.3, -0.25) is 10.2 Å². The standard InChI is InChI=1S/C19H21ClN6O2/c20-13-4-1-3-12(9-13)16(22)15(17(23)27)14-10-26(8-7-24-14)18(28)25-19(11-21)5-2-6-19/h1,3-4,9,22,24H,2,5-8,10H2,(H2,23,27)(H,25,28)/b15-14+,22-16?.